The van der Waals surface area contributed by atoms with Gasteiger partial charge in [0.1, 0.15) is 16.9 Å². The van der Waals surface area contributed by atoms with Crippen LogP contribution < -0.4 is 10.5 Å². The van der Waals surface area contributed by atoms with E-state index in [2.05, 4.69) is 14.9 Å². The molecule has 0 unspecified atom stereocenters. The summed E-state index contributed by atoms with van der Waals surface area (Å²) in [6.07, 6.45) is 1.39. The van der Waals surface area contributed by atoms with Crippen LogP contribution in [0.1, 0.15) is 12.5 Å². The molecule has 1 aliphatic heterocycles. The molecule has 0 atom stereocenters. The lowest BCUT2D eigenvalue weighted by molar-refractivity contribution is -0.131. The quantitative estimate of drug-likeness (QED) is 0.497. The van der Waals surface area contributed by atoms with E-state index >= 15 is 0 Å². The molecule has 2 aromatic heterocycles. The molecule has 11 heteroatoms. The molecule has 0 saturated carbocycles. The van der Waals surface area contributed by atoms with Crippen LogP contribution in [0.3, 0.4) is 0 Å². The first-order chi connectivity index (χ1) is 16.2. The van der Waals surface area contributed by atoms with Gasteiger partial charge in [0, 0.05) is 52.4 Å². The van der Waals surface area contributed by atoms with Crippen molar-refractivity contribution < 1.29 is 9.59 Å². The van der Waals surface area contributed by atoms with E-state index < -0.39 is 0 Å². The number of carbonyl (C=O) groups excluding carboxylic acids is 2. The summed E-state index contributed by atoms with van der Waals surface area (Å²) in [5.74, 6) is -0.196. The Labute approximate surface area is 206 Å². The van der Waals surface area contributed by atoms with Crippen LogP contribution in [0.4, 0.5) is 5.69 Å². The Kier molecular flexibility index (Phi) is 7.04. The second kappa shape index (κ2) is 9.99. The number of hydrogen-bond acceptors (Lipinski definition) is 6. The van der Waals surface area contributed by atoms with Crippen LogP contribution in [0.25, 0.3) is 10.9 Å². The number of piperazine rings is 1. The maximum absolute atomic E-state index is 13.1. The lowest BCUT2D eigenvalue weighted by Crippen LogP contribution is -2.48. The number of halogens is 2. The van der Waals surface area contributed by atoms with Gasteiger partial charge in [0.25, 0.3) is 5.56 Å². The smallest absolute Gasteiger partial charge is 0.261 e. The zero-order valence-corrected chi connectivity index (χ0v) is 20.4. The number of benzene rings is 1. The Hall–Kier alpha value is -3.17. The maximum Gasteiger partial charge on any atom is 0.261 e. The van der Waals surface area contributed by atoms with Crippen molar-refractivity contribution in [1.82, 2.24) is 24.3 Å². The summed E-state index contributed by atoms with van der Waals surface area (Å²) in [6.45, 7) is 4.34. The fourth-order valence-electron chi connectivity index (χ4n) is 3.97. The van der Waals surface area contributed by atoms with Gasteiger partial charge in [-0.25, -0.2) is 9.97 Å². The Morgan fingerprint density at radius 2 is 1.74 bits per heavy atom. The summed E-state index contributed by atoms with van der Waals surface area (Å²) in [5, 5.41) is 0.936. The van der Waals surface area contributed by atoms with Gasteiger partial charge in [-0.3, -0.25) is 19.0 Å². The lowest BCUT2D eigenvalue weighted by atomic mass is 10.2. The maximum atomic E-state index is 13.1. The third-order valence-electron chi connectivity index (χ3n) is 5.87. The molecule has 0 radical (unpaired) electrons. The highest BCUT2D eigenvalue weighted by Gasteiger charge is 2.20. The van der Waals surface area contributed by atoms with Crippen molar-refractivity contribution in [3.8, 4) is 0 Å². The molecule has 1 aliphatic rings. The average Bonchev–Trinajstić information content (AvgIpc) is 2.80. The van der Waals surface area contributed by atoms with E-state index in [1.54, 1.807) is 38.2 Å². The number of hydrogen-bond donors (Lipinski definition) is 0. The van der Waals surface area contributed by atoms with Crippen molar-refractivity contribution in [3.63, 3.8) is 0 Å². The Bertz CT molecular complexity index is 1280. The standard InChI is InChI=1S/C23H24Cl2N6O3/c1-15(32)29-5-7-30(8-6-29)17-3-4-19-18(11-17)23(34)31(14-26-19)13-22(33)28(2)12-16-9-20(24)27-21(25)10-16/h3-4,9-11,14H,5-8,12-13H2,1-2H3. The second-order valence-corrected chi connectivity index (χ2v) is 9.02. The van der Waals surface area contributed by atoms with Gasteiger partial charge >= 0.3 is 0 Å². The number of carbonyl (C=O) groups is 2. The number of anilines is 1. The predicted molar refractivity (Wildman–Crippen MR) is 131 cm³/mol. The zero-order chi connectivity index (χ0) is 24.4. The highest BCUT2D eigenvalue weighted by atomic mass is 35.5. The minimum Gasteiger partial charge on any atom is -0.368 e. The van der Waals surface area contributed by atoms with E-state index in [1.165, 1.54) is 15.8 Å². The number of pyridine rings is 1. The van der Waals surface area contributed by atoms with Gasteiger partial charge in [0.15, 0.2) is 0 Å². The van der Waals surface area contributed by atoms with Crippen LogP contribution in [-0.2, 0) is 22.7 Å². The van der Waals surface area contributed by atoms with E-state index in [1.807, 2.05) is 11.0 Å². The van der Waals surface area contributed by atoms with E-state index in [9.17, 15) is 14.4 Å². The molecule has 2 amide bonds. The fraction of sp³-hybridized carbons (Fsp3) is 0.348. The molecule has 178 valence electrons. The molecule has 9 nitrogen and oxygen atoms in total. The predicted octanol–water partition coefficient (Wildman–Crippen LogP) is 2.43. The minimum atomic E-state index is -0.286. The minimum absolute atomic E-state index is 0.0648. The third-order valence-corrected chi connectivity index (χ3v) is 6.26. The van der Waals surface area contributed by atoms with E-state index in [4.69, 9.17) is 23.2 Å². The van der Waals surface area contributed by atoms with Gasteiger partial charge in [-0.1, -0.05) is 23.2 Å². The molecule has 0 spiro atoms. The molecular formula is C23H24Cl2N6O3. The Balaban J connectivity index is 1.50. The van der Waals surface area contributed by atoms with Crippen molar-refractivity contribution >= 4 is 51.6 Å². The number of rotatable bonds is 5. The molecule has 0 bridgehead atoms. The van der Waals surface area contributed by atoms with E-state index in [-0.39, 0.29) is 40.8 Å². The highest BCUT2D eigenvalue weighted by Crippen LogP contribution is 2.21. The van der Waals surface area contributed by atoms with E-state index in [0.717, 1.165) is 11.3 Å². The molecule has 3 heterocycles. The monoisotopic (exact) mass is 502 g/mol. The second-order valence-electron chi connectivity index (χ2n) is 8.24. The van der Waals surface area contributed by atoms with Crippen LogP contribution in [0.15, 0.2) is 41.5 Å². The van der Waals surface area contributed by atoms with Gasteiger partial charge in [0.05, 0.1) is 17.2 Å². The van der Waals surface area contributed by atoms with Crippen molar-refractivity contribution in [2.45, 2.75) is 20.0 Å². The van der Waals surface area contributed by atoms with Crippen LogP contribution in [-0.4, -0.2) is 69.4 Å². The summed E-state index contributed by atoms with van der Waals surface area (Å²) in [6, 6.07) is 8.81. The Morgan fingerprint density at radius 1 is 1.06 bits per heavy atom. The number of fused-ring (bicyclic) bond motifs is 1. The number of amides is 2. The van der Waals surface area contributed by atoms with Crippen LogP contribution in [0, 0.1) is 0 Å². The number of likely N-dealkylation sites (N-methyl/N-ethyl adjacent to an activating group) is 1. The van der Waals surface area contributed by atoms with Gasteiger partial charge in [-0.05, 0) is 35.9 Å². The molecule has 1 saturated heterocycles. The SMILES string of the molecule is CC(=O)N1CCN(c2ccc3ncn(CC(=O)N(C)Cc4cc(Cl)nc(Cl)c4)c(=O)c3c2)CC1. The first-order valence-electron chi connectivity index (χ1n) is 10.8. The first-order valence-corrected chi connectivity index (χ1v) is 11.5. The summed E-state index contributed by atoms with van der Waals surface area (Å²) in [5.41, 5.74) is 1.90. The van der Waals surface area contributed by atoms with Crippen LogP contribution in [0.5, 0.6) is 0 Å². The van der Waals surface area contributed by atoms with Crippen LogP contribution >= 0.6 is 23.2 Å². The van der Waals surface area contributed by atoms with Crippen molar-refractivity contribution in [1.29, 1.82) is 0 Å². The van der Waals surface area contributed by atoms with Crippen molar-refractivity contribution in [2.75, 3.05) is 38.1 Å². The third kappa shape index (κ3) is 5.31. The Morgan fingerprint density at radius 3 is 2.38 bits per heavy atom. The first kappa shape index (κ1) is 24.0. The number of aromatic nitrogens is 3. The topological polar surface area (TPSA) is 91.6 Å². The molecular weight excluding hydrogens is 479 g/mol. The summed E-state index contributed by atoms with van der Waals surface area (Å²) < 4.78 is 1.31. The molecule has 1 fully saturated rings. The largest absolute Gasteiger partial charge is 0.368 e. The summed E-state index contributed by atoms with van der Waals surface area (Å²) in [7, 11) is 1.64. The zero-order valence-electron chi connectivity index (χ0n) is 18.9. The van der Waals surface area contributed by atoms with Crippen molar-refractivity contribution in [2.24, 2.45) is 0 Å². The summed E-state index contributed by atoms with van der Waals surface area (Å²) >= 11 is 11.9. The molecule has 0 aliphatic carbocycles. The molecule has 0 N–H and O–H groups in total. The van der Waals surface area contributed by atoms with Gasteiger partial charge in [-0.2, -0.15) is 0 Å². The van der Waals surface area contributed by atoms with Crippen LogP contribution in [0.2, 0.25) is 10.3 Å². The summed E-state index contributed by atoms with van der Waals surface area (Å²) in [4.78, 5) is 51.2. The number of nitrogens with zero attached hydrogens (tertiary/aromatic N) is 6. The molecule has 4 rings (SSSR count). The highest BCUT2D eigenvalue weighted by molar-refractivity contribution is 6.32. The molecule has 1 aromatic carbocycles. The normalized spacial score (nSPS) is 13.9. The van der Waals surface area contributed by atoms with E-state index in [0.29, 0.717) is 37.1 Å². The van der Waals surface area contributed by atoms with Gasteiger partial charge in [-0.15, -0.1) is 0 Å². The van der Waals surface area contributed by atoms with Gasteiger partial charge < -0.3 is 14.7 Å². The molecule has 34 heavy (non-hydrogen) atoms. The molecule has 3 aromatic rings. The van der Waals surface area contributed by atoms with Crippen molar-refractivity contribution in [3.05, 3.63) is 62.9 Å². The lowest BCUT2D eigenvalue weighted by Gasteiger charge is -2.35. The fourth-order valence-corrected chi connectivity index (χ4v) is 4.48. The van der Waals surface area contributed by atoms with Gasteiger partial charge in [0.2, 0.25) is 11.8 Å². The average molecular weight is 503 g/mol.